The first-order valence-electron chi connectivity index (χ1n) is 4.61. The highest BCUT2D eigenvalue weighted by Gasteiger charge is 2.07. The molecule has 2 nitrogen and oxygen atoms in total. The molecular weight excluding hydrogens is 279 g/mol. The van der Waals surface area contributed by atoms with Crippen LogP contribution >= 0.6 is 27.7 Å². The van der Waals surface area contributed by atoms with E-state index in [1.54, 1.807) is 17.8 Å². The Balaban J connectivity index is 1.98. The molecule has 15 heavy (non-hydrogen) atoms. The van der Waals surface area contributed by atoms with E-state index >= 15 is 0 Å². The van der Waals surface area contributed by atoms with Crippen molar-refractivity contribution in [2.45, 2.75) is 5.75 Å². The van der Waals surface area contributed by atoms with Crippen LogP contribution in [-0.4, -0.2) is 18.3 Å². The Bertz CT molecular complexity index is 395. The Morgan fingerprint density at radius 2 is 2.40 bits per heavy atom. The summed E-state index contributed by atoms with van der Waals surface area (Å²) in [7, 11) is 0. The quantitative estimate of drug-likeness (QED) is 0.905. The van der Waals surface area contributed by atoms with E-state index in [1.165, 1.54) is 12.1 Å². The van der Waals surface area contributed by atoms with Crippen LogP contribution in [0.1, 0.15) is 5.56 Å². The standard InChI is InChI=1S/C10H10BrFN2S/c11-9-5-8(12)2-1-7(9)6-15-10-13-3-4-14-10/h1-2,5H,3-4,6H2,(H,13,14). The van der Waals surface area contributed by atoms with Crippen LogP contribution in [0.5, 0.6) is 0 Å². The third kappa shape index (κ3) is 2.95. The molecule has 0 unspecified atom stereocenters. The van der Waals surface area contributed by atoms with Gasteiger partial charge in [0.15, 0.2) is 5.17 Å². The van der Waals surface area contributed by atoms with Gasteiger partial charge in [0.2, 0.25) is 0 Å². The molecule has 0 saturated heterocycles. The van der Waals surface area contributed by atoms with Gasteiger partial charge in [0.25, 0.3) is 0 Å². The van der Waals surface area contributed by atoms with E-state index < -0.39 is 0 Å². The lowest BCUT2D eigenvalue weighted by atomic mass is 10.2. The van der Waals surface area contributed by atoms with Crippen LogP contribution in [-0.2, 0) is 5.75 Å². The average molecular weight is 289 g/mol. The molecule has 1 aliphatic heterocycles. The molecule has 0 spiro atoms. The smallest absolute Gasteiger partial charge is 0.157 e. The maximum absolute atomic E-state index is 12.8. The van der Waals surface area contributed by atoms with Crippen molar-refractivity contribution in [1.82, 2.24) is 5.32 Å². The minimum Gasteiger partial charge on any atom is -0.363 e. The van der Waals surface area contributed by atoms with Gasteiger partial charge in [0, 0.05) is 16.8 Å². The highest BCUT2D eigenvalue weighted by molar-refractivity contribution is 9.10. The summed E-state index contributed by atoms with van der Waals surface area (Å²) in [5.41, 5.74) is 1.08. The predicted octanol–water partition coefficient (Wildman–Crippen LogP) is 2.78. The van der Waals surface area contributed by atoms with E-state index in [0.29, 0.717) is 0 Å². The topological polar surface area (TPSA) is 24.4 Å². The van der Waals surface area contributed by atoms with E-state index in [-0.39, 0.29) is 5.82 Å². The van der Waals surface area contributed by atoms with Crippen LogP contribution in [0.25, 0.3) is 0 Å². The number of thioether (sulfide) groups is 1. The van der Waals surface area contributed by atoms with Gasteiger partial charge in [-0.15, -0.1) is 0 Å². The Kier molecular flexibility index (Phi) is 3.64. The van der Waals surface area contributed by atoms with Crippen molar-refractivity contribution in [3.8, 4) is 0 Å². The molecule has 2 rings (SSSR count). The Hall–Kier alpha value is -0.550. The van der Waals surface area contributed by atoms with Crippen LogP contribution in [0, 0.1) is 5.82 Å². The molecule has 0 fully saturated rings. The van der Waals surface area contributed by atoms with Crippen molar-refractivity contribution in [3.05, 3.63) is 34.1 Å². The summed E-state index contributed by atoms with van der Waals surface area (Å²) in [6.07, 6.45) is 0. The SMILES string of the molecule is Fc1ccc(CSC2=NCCN2)c(Br)c1. The van der Waals surface area contributed by atoms with Gasteiger partial charge in [-0.2, -0.15) is 0 Å². The van der Waals surface area contributed by atoms with E-state index in [0.717, 1.165) is 34.0 Å². The van der Waals surface area contributed by atoms with Crippen molar-refractivity contribution in [2.75, 3.05) is 13.1 Å². The van der Waals surface area contributed by atoms with Crippen molar-refractivity contribution in [2.24, 2.45) is 4.99 Å². The van der Waals surface area contributed by atoms with Gasteiger partial charge in [0.1, 0.15) is 5.82 Å². The number of hydrogen-bond acceptors (Lipinski definition) is 3. The molecule has 0 aromatic heterocycles. The van der Waals surface area contributed by atoms with E-state index in [1.807, 2.05) is 0 Å². The molecule has 0 saturated carbocycles. The second kappa shape index (κ2) is 4.99. The third-order valence-electron chi connectivity index (χ3n) is 2.02. The molecule has 0 aliphatic carbocycles. The molecule has 1 N–H and O–H groups in total. The fraction of sp³-hybridized carbons (Fsp3) is 0.300. The maximum Gasteiger partial charge on any atom is 0.157 e. The molecule has 1 aromatic carbocycles. The van der Waals surface area contributed by atoms with E-state index in [4.69, 9.17) is 0 Å². The van der Waals surface area contributed by atoms with Crippen LogP contribution < -0.4 is 5.32 Å². The number of aliphatic imine (C=N–C) groups is 1. The van der Waals surface area contributed by atoms with Gasteiger partial charge in [0.05, 0.1) is 6.54 Å². The number of nitrogens with one attached hydrogen (secondary N) is 1. The fourth-order valence-electron chi connectivity index (χ4n) is 1.26. The lowest BCUT2D eigenvalue weighted by Gasteiger charge is -2.04. The van der Waals surface area contributed by atoms with Gasteiger partial charge in [-0.1, -0.05) is 33.8 Å². The average Bonchev–Trinajstić information content (AvgIpc) is 2.69. The molecule has 80 valence electrons. The minimum absolute atomic E-state index is 0.216. The molecule has 0 amide bonds. The Labute approximate surface area is 100 Å². The lowest BCUT2D eigenvalue weighted by Crippen LogP contribution is -2.15. The first-order chi connectivity index (χ1) is 7.25. The number of amidine groups is 1. The number of nitrogens with zero attached hydrogens (tertiary/aromatic N) is 1. The summed E-state index contributed by atoms with van der Waals surface area (Å²) in [6, 6.07) is 4.76. The summed E-state index contributed by atoms with van der Waals surface area (Å²) in [6.45, 7) is 1.78. The third-order valence-corrected chi connectivity index (χ3v) is 3.76. The van der Waals surface area contributed by atoms with Crippen LogP contribution in [0.2, 0.25) is 0 Å². The van der Waals surface area contributed by atoms with E-state index in [9.17, 15) is 4.39 Å². The predicted molar refractivity (Wildman–Crippen MR) is 65.7 cm³/mol. The maximum atomic E-state index is 12.8. The molecule has 0 radical (unpaired) electrons. The minimum atomic E-state index is -0.216. The normalized spacial score (nSPS) is 14.9. The molecule has 0 atom stereocenters. The van der Waals surface area contributed by atoms with E-state index in [2.05, 4.69) is 26.2 Å². The van der Waals surface area contributed by atoms with Crippen LogP contribution in [0.3, 0.4) is 0 Å². The zero-order chi connectivity index (χ0) is 10.7. The van der Waals surface area contributed by atoms with Crippen LogP contribution in [0.15, 0.2) is 27.7 Å². The second-order valence-electron chi connectivity index (χ2n) is 3.14. The Morgan fingerprint density at radius 1 is 1.53 bits per heavy atom. The molecular formula is C10H10BrFN2S. The van der Waals surface area contributed by atoms with Crippen molar-refractivity contribution in [1.29, 1.82) is 0 Å². The van der Waals surface area contributed by atoms with Crippen molar-refractivity contribution in [3.63, 3.8) is 0 Å². The first kappa shape index (κ1) is 11.0. The zero-order valence-corrected chi connectivity index (χ0v) is 10.4. The molecule has 5 heteroatoms. The highest BCUT2D eigenvalue weighted by atomic mass is 79.9. The largest absolute Gasteiger partial charge is 0.363 e. The molecule has 1 aliphatic rings. The zero-order valence-electron chi connectivity index (χ0n) is 7.96. The summed E-state index contributed by atoms with van der Waals surface area (Å²) in [4.78, 5) is 4.28. The van der Waals surface area contributed by atoms with Gasteiger partial charge < -0.3 is 5.32 Å². The monoisotopic (exact) mass is 288 g/mol. The number of hydrogen-bond donors (Lipinski definition) is 1. The fourth-order valence-corrected chi connectivity index (χ4v) is 2.86. The summed E-state index contributed by atoms with van der Waals surface area (Å²) >= 11 is 4.99. The van der Waals surface area contributed by atoms with Crippen LogP contribution in [0.4, 0.5) is 4.39 Å². The van der Waals surface area contributed by atoms with Gasteiger partial charge in [-0.05, 0) is 17.7 Å². The molecule has 1 heterocycles. The van der Waals surface area contributed by atoms with Gasteiger partial charge in [-0.3, -0.25) is 4.99 Å². The number of benzene rings is 1. The summed E-state index contributed by atoms with van der Waals surface area (Å²) in [5, 5.41) is 4.16. The highest BCUT2D eigenvalue weighted by Crippen LogP contribution is 2.23. The summed E-state index contributed by atoms with van der Waals surface area (Å²) < 4.78 is 13.6. The molecule has 1 aromatic rings. The van der Waals surface area contributed by atoms with Crippen molar-refractivity contribution >= 4 is 32.9 Å². The Morgan fingerprint density at radius 3 is 3.07 bits per heavy atom. The van der Waals surface area contributed by atoms with Crippen molar-refractivity contribution < 1.29 is 4.39 Å². The first-order valence-corrected chi connectivity index (χ1v) is 6.38. The number of halogens is 2. The number of rotatable bonds is 2. The second-order valence-corrected chi connectivity index (χ2v) is 4.96. The summed E-state index contributed by atoms with van der Waals surface area (Å²) in [5.74, 6) is 0.583. The lowest BCUT2D eigenvalue weighted by molar-refractivity contribution is 0.626. The van der Waals surface area contributed by atoms with Gasteiger partial charge in [-0.25, -0.2) is 4.39 Å². The molecule has 0 bridgehead atoms. The van der Waals surface area contributed by atoms with Gasteiger partial charge >= 0.3 is 0 Å².